The first-order valence-corrected chi connectivity index (χ1v) is 8.78. The fraction of sp³-hybridized carbons (Fsp3) is 0.381. The standard InChI is InChI=1S/C21H26N2O/c1-16-7-5-10-20(17(16)2)21(24)22-12-6-13-23-14-11-18-8-3-4-9-19(18)15-23/h3-5,7-10H,6,11-15H2,1-2H3,(H,22,24). The molecule has 3 heteroatoms. The van der Waals surface area contributed by atoms with Crippen molar-refractivity contribution >= 4 is 5.91 Å². The summed E-state index contributed by atoms with van der Waals surface area (Å²) in [6, 6.07) is 14.6. The Morgan fingerprint density at radius 1 is 1.08 bits per heavy atom. The lowest BCUT2D eigenvalue weighted by atomic mass is 10.00. The highest BCUT2D eigenvalue weighted by Gasteiger charge is 2.15. The normalized spacial score (nSPS) is 14.2. The molecule has 1 aliphatic rings. The first-order chi connectivity index (χ1) is 11.6. The van der Waals surface area contributed by atoms with E-state index >= 15 is 0 Å². The van der Waals surface area contributed by atoms with Gasteiger partial charge in [0.05, 0.1) is 0 Å². The number of nitrogens with zero attached hydrogens (tertiary/aromatic N) is 1. The number of nitrogens with one attached hydrogen (secondary N) is 1. The molecule has 126 valence electrons. The number of amides is 1. The lowest BCUT2D eigenvalue weighted by molar-refractivity contribution is 0.0950. The SMILES string of the molecule is Cc1cccc(C(=O)NCCCN2CCc3ccccc3C2)c1C. The summed E-state index contributed by atoms with van der Waals surface area (Å²) in [5.74, 6) is 0.0418. The minimum Gasteiger partial charge on any atom is -0.352 e. The van der Waals surface area contributed by atoms with Crippen LogP contribution in [0.15, 0.2) is 42.5 Å². The maximum Gasteiger partial charge on any atom is 0.251 e. The van der Waals surface area contributed by atoms with Gasteiger partial charge in [-0.05, 0) is 55.0 Å². The summed E-state index contributed by atoms with van der Waals surface area (Å²) >= 11 is 0. The zero-order chi connectivity index (χ0) is 16.9. The number of carbonyl (C=O) groups is 1. The van der Waals surface area contributed by atoms with E-state index in [-0.39, 0.29) is 5.91 Å². The van der Waals surface area contributed by atoms with Crippen LogP contribution in [0.5, 0.6) is 0 Å². The van der Waals surface area contributed by atoms with Gasteiger partial charge in [-0.2, -0.15) is 0 Å². The predicted molar refractivity (Wildman–Crippen MR) is 98.3 cm³/mol. The molecule has 0 spiro atoms. The highest BCUT2D eigenvalue weighted by molar-refractivity contribution is 5.95. The summed E-state index contributed by atoms with van der Waals surface area (Å²) < 4.78 is 0. The van der Waals surface area contributed by atoms with E-state index in [2.05, 4.69) is 34.5 Å². The second-order valence-electron chi connectivity index (χ2n) is 6.65. The fourth-order valence-electron chi connectivity index (χ4n) is 3.34. The number of rotatable bonds is 5. The van der Waals surface area contributed by atoms with Crippen LogP contribution in [0, 0.1) is 13.8 Å². The van der Waals surface area contributed by atoms with E-state index in [4.69, 9.17) is 0 Å². The minimum atomic E-state index is 0.0418. The van der Waals surface area contributed by atoms with Crippen LogP contribution in [0.1, 0.15) is 39.0 Å². The quantitative estimate of drug-likeness (QED) is 0.855. The fourth-order valence-corrected chi connectivity index (χ4v) is 3.34. The van der Waals surface area contributed by atoms with Gasteiger partial charge < -0.3 is 5.32 Å². The average molecular weight is 322 g/mol. The molecule has 1 amide bonds. The Hall–Kier alpha value is -2.13. The third-order valence-corrected chi connectivity index (χ3v) is 5.00. The van der Waals surface area contributed by atoms with Crippen LogP contribution in [0.4, 0.5) is 0 Å². The Balaban J connectivity index is 1.45. The van der Waals surface area contributed by atoms with E-state index < -0.39 is 0 Å². The molecule has 2 aromatic carbocycles. The smallest absolute Gasteiger partial charge is 0.251 e. The largest absolute Gasteiger partial charge is 0.352 e. The molecule has 0 saturated heterocycles. The number of carbonyl (C=O) groups excluding carboxylic acids is 1. The topological polar surface area (TPSA) is 32.3 Å². The monoisotopic (exact) mass is 322 g/mol. The van der Waals surface area contributed by atoms with E-state index in [1.807, 2.05) is 32.0 Å². The minimum absolute atomic E-state index is 0.0418. The van der Waals surface area contributed by atoms with Gasteiger partial charge in [-0.25, -0.2) is 0 Å². The van der Waals surface area contributed by atoms with Gasteiger partial charge in [0.25, 0.3) is 5.91 Å². The van der Waals surface area contributed by atoms with Gasteiger partial charge in [-0.1, -0.05) is 36.4 Å². The lowest BCUT2D eigenvalue weighted by Gasteiger charge is -2.28. The average Bonchev–Trinajstić information content (AvgIpc) is 2.60. The molecule has 24 heavy (non-hydrogen) atoms. The number of hydrogen-bond donors (Lipinski definition) is 1. The summed E-state index contributed by atoms with van der Waals surface area (Å²) in [4.78, 5) is 14.8. The van der Waals surface area contributed by atoms with E-state index in [9.17, 15) is 4.79 Å². The van der Waals surface area contributed by atoms with Gasteiger partial charge in [-0.15, -0.1) is 0 Å². The van der Waals surface area contributed by atoms with Crippen molar-refractivity contribution in [1.82, 2.24) is 10.2 Å². The van der Waals surface area contributed by atoms with Crippen molar-refractivity contribution in [2.45, 2.75) is 33.2 Å². The highest BCUT2D eigenvalue weighted by Crippen LogP contribution is 2.18. The van der Waals surface area contributed by atoms with Crippen LogP contribution in [-0.2, 0) is 13.0 Å². The Morgan fingerprint density at radius 3 is 2.71 bits per heavy atom. The molecule has 1 aliphatic heterocycles. The van der Waals surface area contributed by atoms with Crippen LogP contribution in [0.2, 0.25) is 0 Å². The predicted octanol–water partition coefficient (Wildman–Crippen LogP) is 3.48. The zero-order valence-corrected chi connectivity index (χ0v) is 14.6. The van der Waals surface area contributed by atoms with Gasteiger partial charge in [0, 0.05) is 31.7 Å². The van der Waals surface area contributed by atoms with Gasteiger partial charge in [0.1, 0.15) is 0 Å². The molecular weight excluding hydrogens is 296 g/mol. The van der Waals surface area contributed by atoms with E-state index in [0.717, 1.165) is 55.7 Å². The van der Waals surface area contributed by atoms with Crippen molar-refractivity contribution in [3.8, 4) is 0 Å². The molecule has 3 nitrogen and oxygen atoms in total. The Bertz CT molecular complexity index is 724. The van der Waals surface area contributed by atoms with Crippen LogP contribution < -0.4 is 5.32 Å². The van der Waals surface area contributed by atoms with E-state index in [1.54, 1.807) is 0 Å². The number of fused-ring (bicyclic) bond motifs is 1. The van der Waals surface area contributed by atoms with Crippen molar-refractivity contribution in [2.75, 3.05) is 19.6 Å². The molecule has 2 aromatic rings. The van der Waals surface area contributed by atoms with Crippen LogP contribution in [-0.4, -0.2) is 30.4 Å². The van der Waals surface area contributed by atoms with Gasteiger partial charge in [0.15, 0.2) is 0 Å². The number of aryl methyl sites for hydroxylation is 1. The highest BCUT2D eigenvalue weighted by atomic mass is 16.1. The van der Waals surface area contributed by atoms with Gasteiger partial charge in [-0.3, -0.25) is 9.69 Å². The van der Waals surface area contributed by atoms with Crippen LogP contribution in [0.25, 0.3) is 0 Å². The van der Waals surface area contributed by atoms with E-state index in [0.29, 0.717) is 0 Å². The molecule has 1 N–H and O–H groups in total. The number of benzene rings is 2. The molecule has 0 fully saturated rings. The summed E-state index contributed by atoms with van der Waals surface area (Å²) in [6.45, 7) is 7.95. The van der Waals surface area contributed by atoms with Gasteiger partial charge in [0.2, 0.25) is 0 Å². The van der Waals surface area contributed by atoms with Crippen molar-refractivity contribution in [2.24, 2.45) is 0 Å². The molecule has 0 atom stereocenters. The van der Waals surface area contributed by atoms with Crippen LogP contribution in [0.3, 0.4) is 0 Å². The Morgan fingerprint density at radius 2 is 1.88 bits per heavy atom. The lowest BCUT2D eigenvalue weighted by Crippen LogP contribution is -2.33. The van der Waals surface area contributed by atoms with E-state index in [1.165, 1.54) is 11.1 Å². The third-order valence-electron chi connectivity index (χ3n) is 5.00. The maximum absolute atomic E-state index is 12.3. The summed E-state index contributed by atoms with van der Waals surface area (Å²) in [7, 11) is 0. The van der Waals surface area contributed by atoms with Gasteiger partial charge >= 0.3 is 0 Å². The summed E-state index contributed by atoms with van der Waals surface area (Å²) in [5.41, 5.74) is 5.96. The molecular formula is C21H26N2O. The summed E-state index contributed by atoms with van der Waals surface area (Å²) in [6.07, 6.45) is 2.11. The van der Waals surface area contributed by atoms with Crippen molar-refractivity contribution in [3.63, 3.8) is 0 Å². The summed E-state index contributed by atoms with van der Waals surface area (Å²) in [5, 5.41) is 3.06. The van der Waals surface area contributed by atoms with Crippen molar-refractivity contribution in [1.29, 1.82) is 0 Å². The number of hydrogen-bond acceptors (Lipinski definition) is 2. The van der Waals surface area contributed by atoms with Crippen molar-refractivity contribution < 1.29 is 4.79 Å². The first-order valence-electron chi connectivity index (χ1n) is 8.78. The second-order valence-corrected chi connectivity index (χ2v) is 6.65. The Labute approximate surface area is 144 Å². The third kappa shape index (κ3) is 3.85. The molecule has 0 bridgehead atoms. The molecule has 1 heterocycles. The first kappa shape index (κ1) is 16.7. The van der Waals surface area contributed by atoms with Crippen LogP contribution >= 0.6 is 0 Å². The maximum atomic E-state index is 12.3. The molecule has 0 radical (unpaired) electrons. The zero-order valence-electron chi connectivity index (χ0n) is 14.6. The Kier molecular flexibility index (Phi) is 5.31. The second kappa shape index (κ2) is 7.63. The molecule has 3 rings (SSSR count). The van der Waals surface area contributed by atoms with Crippen molar-refractivity contribution in [3.05, 3.63) is 70.3 Å². The molecule has 0 aliphatic carbocycles. The molecule has 0 unspecified atom stereocenters. The molecule has 0 saturated carbocycles. The molecule has 0 aromatic heterocycles.